The third kappa shape index (κ3) is 10.4. The van der Waals surface area contributed by atoms with Gasteiger partial charge in [-0.2, -0.15) is 0 Å². The molecule has 0 aromatic heterocycles. The molecule has 0 amide bonds. The molecule has 0 bridgehead atoms. The Labute approximate surface area is 300 Å². The SMILES string of the molecule is CC[C@H]1OC(=O)[C@H](C)[C@@H](O[C@H]2C[C@@](C)(OC)[C@@H](O)[C@H](C)O2)[C@H](C)[C@@H](O[C@@H]2O[C@H](C)C[C@H](N(C)C)[C@H]2O)[C@@](C)(O)C[C@H](C)CN[C@@H](C)C[C@]1(C)O. The molecule has 50 heavy (non-hydrogen) atoms. The first-order valence-electron chi connectivity index (χ1n) is 18.6. The minimum absolute atomic E-state index is 0.0328. The second-order valence-corrected chi connectivity index (χ2v) is 16.7. The third-order valence-electron chi connectivity index (χ3n) is 11.4. The number of methoxy groups -OCH3 is 1. The van der Waals surface area contributed by atoms with Crippen molar-refractivity contribution in [3.05, 3.63) is 0 Å². The van der Waals surface area contributed by atoms with Crippen LogP contribution in [0.25, 0.3) is 0 Å². The molecule has 3 saturated heterocycles. The third-order valence-corrected chi connectivity index (χ3v) is 11.4. The Morgan fingerprint density at radius 1 is 0.940 bits per heavy atom. The van der Waals surface area contributed by atoms with Gasteiger partial charge in [-0.25, -0.2) is 0 Å². The van der Waals surface area contributed by atoms with Gasteiger partial charge >= 0.3 is 5.97 Å². The summed E-state index contributed by atoms with van der Waals surface area (Å²) in [6.07, 6.45) is -5.68. The van der Waals surface area contributed by atoms with E-state index < -0.39 is 83.8 Å². The Kier molecular flexibility index (Phi) is 15.2. The van der Waals surface area contributed by atoms with Crippen molar-refractivity contribution in [2.75, 3.05) is 27.7 Å². The molecule has 294 valence electrons. The number of esters is 1. The quantitative estimate of drug-likeness (QED) is 0.244. The number of carbonyl (C=O) groups is 1. The highest BCUT2D eigenvalue weighted by Crippen LogP contribution is 2.39. The fourth-order valence-corrected chi connectivity index (χ4v) is 8.43. The van der Waals surface area contributed by atoms with Crippen LogP contribution in [0.2, 0.25) is 0 Å². The maximum Gasteiger partial charge on any atom is 0.311 e. The number of hydrogen-bond donors (Lipinski definition) is 5. The molecule has 13 nitrogen and oxygen atoms in total. The molecule has 0 aromatic rings. The van der Waals surface area contributed by atoms with Gasteiger partial charge < -0.3 is 59.1 Å². The largest absolute Gasteiger partial charge is 0.459 e. The molecule has 0 aromatic carbocycles. The van der Waals surface area contributed by atoms with E-state index in [1.807, 2.05) is 53.6 Å². The van der Waals surface area contributed by atoms with Crippen molar-refractivity contribution >= 4 is 5.97 Å². The summed E-state index contributed by atoms with van der Waals surface area (Å²) >= 11 is 0. The maximum absolute atomic E-state index is 14.1. The summed E-state index contributed by atoms with van der Waals surface area (Å²) in [6, 6.07) is -0.355. The molecular formula is C37H70N2O11. The first-order valence-corrected chi connectivity index (χ1v) is 18.6. The van der Waals surface area contributed by atoms with Gasteiger partial charge in [0.15, 0.2) is 12.6 Å². The highest BCUT2D eigenvalue weighted by atomic mass is 16.7. The van der Waals surface area contributed by atoms with Gasteiger partial charge in [0.2, 0.25) is 0 Å². The van der Waals surface area contributed by atoms with E-state index in [1.165, 1.54) is 7.11 Å². The highest BCUT2D eigenvalue weighted by molar-refractivity contribution is 5.73. The summed E-state index contributed by atoms with van der Waals surface area (Å²) in [5.74, 6) is -2.22. The van der Waals surface area contributed by atoms with E-state index in [0.717, 1.165) is 0 Å². The Morgan fingerprint density at radius 3 is 2.16 bits per heavy atom. The zero-order valence-electron chi connectivity index (χ0n) is 32.9. The molecule has 0 radical (unpaired) electrons. The van der Waals surface area contributed by atoms with E-state index in [2.05, 4.69) is 5.32 Å². The van der Waals surface area contributed by atoms with Gasteiger partial charge in [0, 0.05) is 31.5 Å². The van der Waals surface area contributed by atoms with E-state index in [9.17, 15) is 25.2 Å². The lowest BCUT2D eigenvalue weighted by molar-refractivity contribution is -0.318. The van der Waals surface area contributed by atoms with Crippen molar-refractivity contribution in [2.45, 2.75) is 186 Å². The van der Waals surface area contributed by atoms with Crippen LogP contribution in [0.3, 0.4) is 0 Å². The number of carbonyl (C=O) groups excluding carboxylic acids is 1. The van der Waals surface area contributed by atoms with Crippen LogP contribution in [0.1, 0.15) is 101 Å². The van der Waals surface area contributed by atoms with Crippen LogP contribution in [0.4, 0.5) is 0 Å². The summed E-state index contributed by atoms with van der Waals surface area (Å²) < 4.78 is 37.6. The number of nitrogens with one attached hydrogen (secondary N) is 1. The van der Waals surface area contributed by atoms with Crippen LogP contribution in [0.15, 0.2) is 0 Å². The van der Waals surface area contributed by atoms with Gasteiger partial charge in [0.25, 0.3) is 0 Å². The summed E-state index contributed by atoms with van der Waals surface area (Å²) in [5, 5.41) is 49.8. The van der Waals surface area contributed by atoms with Crippen LogP contribution in [-0.4, -0.2) is 143 Å². The van der Waals surface area contributed by atoms with E-state index in [-0.39, 0.29) is 30.5 Å². The summed E-state index contributed by atoms with van der Waals surface area (Å²) in [6.45, 7) is 18.8. The van der Waals surface area contributed by atoms with E-state index in [1.54, 1.807) is 34.6 Å². The van der Waals surface area contributed by atoms with Crippen molar-refractivity contribution in [3.8, 4) is 0 Å². The van der Waals surface area contributed by atoms with Crippen LogP contribution >= 0.6 is 0 Å². The minimum atomic E-state index is -1.48. The molecular weight excluding hydrogens is 648 g/mol. The number of nitrogens with zero attached hydrogens (tertiary/aromatic N) is 1. The zero-order chi connectivity index (χ0) is 37.9. The van der Waals surface area contributed by atoms with Crippen LogP contribution in [0.5, 0.6) is 0 Å². The number of hydrogen-bond acceptors (Lipinski definition) is 13. The number of ether oxygens (including phenoxy) is 6. The first-order chi connectivity index (χ1) is 23.1. The normalized spacial score (nSPS) is 49.2. The zero-order valence-corrected chi connectivity index (χ0v) is 32.9. The van der Waals surface area contributed by atoms with Crippen molar-refractivity contribution in [1.82, 2.24) is 10.2 Å². The molecule has 0 spiro atoms. The maximum atomic E-state index is 14.1. The molecule has 3 fully saturated rings. The van der Waals surface area contributed by atoms with Gasteiger partial charge in [-0.1, -0.05) is 20.8 Å². The van der Waals surface area contributed by atoms with Gasteiger partial charge in [0.1, 0.15) is 23.9 Å². The van der Waals surface area contributed by atoms with Crippen molar-refractivity contribution in [3.63, 3.8) is 0 Å². The fourth-order valence-electron chi connectivity index (χ4n) is 8.43. The van der Waals surface area contributed by atoms with Gasteiger partial charge in [-0.05, 0) is 101 Å². The molecule has 0 aliphatic carbocycles. The highest BCUT2D eigenvalue weighted by Gasteiger charge is 2.51. The molecule has 3 heterocycles. The minimum Gasteiger partial charge on any atom is -0.459 e. The predicted molar refractivity (Wildman–Crippen MR) is 188 cm³/mol. The summed E-state index contributed by atoms with van der Waals surface area (Å²) in [5.41, 5.74) is -3.79. The lowest BCUT2D eigenvalue weighted by atomic mass is 9.77. The molecule has 3 aliphatic heterocycles. The van der Waals surface area contributed by atoms with E-state index >= 15 is 0 Å². The Bertz CT molecular complexity index is 1080. The summed E-state index contributed by atoms with van der Waals surface area (Å²) in [7, 11) is 5.32. The first kappa shape index (κ1) is 43.4. The van der Waals surface area contributed by atoms with E-state index in [0.29, 0.717) is 32.2 Å². The molecule has 3 aliphatic rings. The standard InChI is InChI=1S/C37H70N2O11/c1-14-27-35(8,43)17-21(3)38-19-20(2)16-36(9,44)32(50-34-29(40)26(39(11)12)15-22(4)46-34)23(5)30(24(6)33(42)48-27)49-28-18-37(10,45-13)31(41)25(7)47-28/h20-32,34,38,40-41,43-44H,14-19H2,1-13H3/t20-,21-,22+,23-,24+,25-,26-,27+,28-,29+,30-,31-,32+,34-,35-,36-,37+/m0/s1. The van der Waals surface area contributed by atoms with Gasteiger partial charge in [-0.15, -0.1) is 0 Å². The van der Waals surface area contributed by atoms with E-state index in [4.69, 9.17) is 28.4 Å². The lowest BCUT2D eigenvalue weighted by Crippen LogP contribution is -2.60. The summed E-state index contributed by atoms with van der Waals surface area (Å²) in [4.78, 5) is 16.0. The lowest BCUT2D eigenvalue weighted by Gasteiger charge is -2.48. The van der Waals surface area contributed by atoms with Crippen LogP contribution in [-0.2, 0) is 33.2 Å². The molecule has 5 N–H and O–H groups in total. The smallest absolute Gasteiger partial charge is 0.311 e. The Balaban J connectivity index is 2.13. The van der Waals surface area contributed by atoms with Gasteiger partial charge in [-0.3, -0.25) is 4.79 Å². The number of rotatable bonds is 7. The molecule has 13 heteroatoms. The van der Waals surface area contributed by atoms with Crippen molar-refractivity contribution in [1.29, 1.82) is 0 Å². The second-order valence-electron chi connectivity index (χ2n) is 16.7. The number of cyclic esters (lactones) is 1. The van der Waals surface area contributed by atoms with Crippen LogP contribution < -0.4 is 5.32 Å². The number of aliphatic hydroxyl groups is 4. The van der Waals surface area contributed by atoms with Crippen molar-refractivity contribution in [2.24, 2.45) is 17.8 Å². The molecule has 0 unspecified atom stereocenters. The topological polar surface area (TPSA) is 169 Å². The molecule has 3 rings (SSSR count). The van der Waals surface area contributed by atoms with Crippen molar-refractivity contribution < 1.29 is 53.6 Å². The Hall–Kier alpha value is -0.970. The predicted octanol–water partition coefficient (Wildman–Crippen LogP) is 2.59. The average molecular weight is 719 g/mol. The second kappa shape index (κ2) is 17.4. The molecule has 17 atom stereocenters. The molecule has 0 saturated carbocycles. The fraction of sp³-hybridized carbons (Fsp3) is 0.973. The monoisotopic (exact) mass is 718 g/mol. The Morgan fingerprint density at radius 2 is 1.58 bits per heavy atom. The number of aliphatic hydroxyl groups excluding tert-OH is 2. The number of likely N-dealkylation sites (N-methyl/N-ethyl adjacent to an activating group) is 1. The average Bonchev–Trinajstić information content (AvgIpc) is 3.02. The van der Waals surface area contributed by atoms with Gasteiger partial charge in [0.05, 0.1) is 41.5 Å². The van der Waals surface area contributed by atoms with Crippen LogP contribution in [0, 0.1) is 17.8 Å².